The number of halogens is 2. The zero-order valence-corrected chi connectivity index (χ0v) is 15.1. The molecule has 3 rings (SSSR count). The molecule has 1 aliphatic rings. The third-order valence-corrected chi connectivity index (χ3v) is 4.18. The molecule has 1 amide bonds. The van der Waals surface area contributed by atoms with Gasteiger partial charge in [0, 0.05) is 30.6 Å². The van der Waals surface area contributed by atoms with Crippen LogP contribution in [0.5, 0.6) is 0 Å². The molecule has 8 heteroatoms. The zero-order valence-electron chi connectivity index (χ0n) is 13.5. The molecule has 132 valence electrons. The van der Waals surface area contributed by atoms with Gasteiger partial charge in [0.2, 0.25) is 5.91 Å². The maximum atomic E-state index is 12.5. The molecule has 0 bridgehead atoms. The van der Waals surface area contributed by atoms with Gasteiger partial charge in [-0.25, -0.2) is 9.97 Å². The SMILES string of the molecule is Cc1nccn1-c1ncccc1NC(=O)C1CCCC(N)C1.Cl.Cl. The first-order chi connectivity index (χ1) is 10.6. The molecular formula is C16H23Cl2N5O. The van der Waals surface area contributed by atoms with Gasteiger partial charge < -0.3 is 11.1 Å². The summed E-state index contributed by atoms with van der Waals surface area (Å²) in [5.41, 5.74) is 6.68. The fourth-order valence-corrected chi connectivity index (χ4v) is 2.99. The molecule has 1 aliphatic carbocycles. The Kier molecular flexibility index (Phi) is 7.66. The number of rotatable bonds is 3. The van der Waals surface area contributed by atoms with Gasteiger partial charge in [-0.15, -0.1) is 24.8 Å². The third-order valence-electron chi connectivity index (χ3n) is 4.18. The van der Waals surface area contributed by atoms with Crippen LogP contribution in [0.3, 0.4) is 0 Å². The fourth-order valence-electron chi connectivity index (χ4n) is 2.99. The Balaban J connectivity index is 0.00000144. The predicted octanol–water partition coefficient (Wildman–Crippen LogP) is 2.88. The number of nitrogens with zero attached hydrogens (tertiary/aromatic N) is 3. The summed E-state index contributed by atoms with van der Waals surface area (Å²) in [7, 11) is 0. The highest BCUT2D eigenvalue weighted by Crippen LogP contribution is 2.26. The van der Waals surface area contributed by atoms with E-state index in [1.807, 2.05) is 29.8 Å². The monoisotopic (exact) mass is 371 g/mol. The van der Waals surface area contributed by atoms with E-state index in [2.05, 4.69) is 15.3 Å². The van der Waals surface area contributed by atoms with Gasteiger partial charge in [-0.2, -0.15) is 0 Å². The van der Waals surface area contributed by atoms with E-state index < -0.39 is 0 Å². The number of aryl methyl sites for hydroxylation is 1. The minimum Gasteiger partial charge on any atom is -0.328 e. The molecular weight excluding hydrogens is 349 g/mol. The number of nitrogens with two attached hydrogens (primary N) is 1. The van der Waals surface area contributed by atoms with Gasteiger partial charge in [0.25, 0.3) is 0 Å². The lowest BCUT2D eigenvalue weighted by Gasteiger charge is -2.26. The van der Waals surface area contributed by atoms with Gasteiger partial charge in [-0.05, 0) is 38.3 Å². The van der Waals surface area contributed by atoms with E-state index in [4.69, 9.17) is 5.73 Å². The molecule has 0 radical (unpaired) electrons. The van der Waals surface area contributed by atoms with E-state index >= 15 is 0 Å². The van der Waals surface area contributed by atoms with Crippen molar-refractivity contribution >= 4 is 36.4 Å². The smallest absolute Gasteiger partial charge is 0.227 e. The summed E-state index contributed by atoms with van der Waals surface area (Å²) in [5.74, 6) is 1.53. The Hall–Kier alpha value is -1.63. The molecule has 0 aromatic carbocycles. The average Bonchev–Trinajstić information content (AvgIpc) is 2.94. The van der Waals surface area contributed by atoms with E-state index in [-0.39, 0.29) is 42.7 Å². The standard InChI is InChI=1S/C16H21N5O.2ClH/c1-11-18-8-9-21(11)15-14(6-3-7-19-15)20-16(22)12-4-2-5-13(17)10-12;;/h3,6-9,12-13H,2,4-5,10,17H2,1H3,(H,20,22);2*1H. The van der Waals surface area contributed by atoms with Gasteiger partial charge in [0.15, 0.2) is 5.82 Å². The fraction of sp³-hybridized carbons (Fsp3) is 0.438. The lowest BCUT2D eigenvalue weighted by Crippen LogP contribution is -2.34. The van der Waals surface area contributed by atoms with Gasteiger partial charge in [0.05, 0.1) is 5.69 Å². The van der Waals surface area contributed by atoms with Crippen LogP contribution in [0, 0.1) is 12.8 Å². The molecule has 3 N–H and O–H groups in total. The van der Waals surface area contributed by atoms with E-state index in [0.717, 1.165) is 31.5 Å². The number of carbonyl (C=O) groups is 1. The summed E-state index contributed by atoms with van der Waals surface area (Å²) in [6, 6.07) is 3.81. The second-order valence-corrected chi connectivity index (χ2v) is 5.83. The number of hydrogen-bond donors (Lipinski definition) is 2. The molecule has 6 nitrogen and oxygen atoms in total. The van der Waals surface area contributed by atoms with Crippen LogP contribution in [-0.2, 0) is 4.79 Å². The summed E-state index contributed by atoms with van der Waals surface area (Å²) < 4.78 is 1.86. The normalized spacial score (nSPS) is 19.8. The van der Waals surface area contributed by atoms with Crippen LogP contribution in [0.1, 0.15) is 31.5 Å². The summed E-state index contributed by atoms with van der Waals surface area (Å²) in [4.78, 5) is 21.1. The maximum Gasteiger partial charge on any atom is 0.227 e. The highest BCUT2D eigenvalue weighted by molar-refractivity contribution is 5.94. The van der Waals surface area contributed by atoms with Crippen molar-refractivity contribution in [2.75, 3.05) is 5.32 Å². The van der Waals surface area contributed by atoms with E-state index in [1.54, 1.807) is 12.4 Å². The van der Waals surface area contributed by atoms with Crippen molar-refractivity contribution in [3.8, 4) is 5.82 Å². The average molecular weight is 372 g/mol. The molecule has 2 unspecified atom stereocenters. The lowest BCUT2D eigenvalue weighted by molar-refractivity contribution is -0.120. The van der Waals surface area contributed by atoms with Crippen molar-refractivity contribution in [2.24, 2.45) is 11.7 Å². The Morgan fingerprint density at radius 2 is 2.08 bits per heavy atom. The Morgan fingerprint density at radius 1 is 1.29 bits per heavy atom. The Labute approximate surface area is 154 Å². The first-order valence-corrected chi connectivity index (χ1v) is 7.67. The molecule has 24 heavy (non-hydrogen) atoms. The second kappa shape index (κ2) is 9.01. The molecule has 0 aliphatic heterocycles. The molecule has 0 saturated heterocycles. The summed E-state index contributed by atoms with van der Waals surface area (Å²) in [5, 5.41) is 3.01. The van der Waals surface area contributed by atoms with Gasteiger partial charge >= 0.3 is 0 Å². The molecule has 1 fully saturated rings. The van der Waals surface area contributed by atoms with Crippen LogP contribution in [0.2, 0.25) is 0 Å². The highest BCUT2D eigenvalue weighted by Gasteiger charge is 2.26. The molecule has 2 aromatic rings. The Bertz CT molecular complexity index is 676. The number of anilines is 1. The summed E-state index contributed by atoms with van der Waals surface area (Å²) in [6.07, 6.45) is 8.95. The number of imidazole rings is 1. The molecule has 2 atom stereocenters. The van der Waals surface area contributed by atoms with Gasteiger partial charge in [-0.1, -0.05) is 6.42 Å². The van der Waals surface area contributed by atoms with E-state index in [0.29, 0.717) is 11.5 Å². The van der Waals surface area contributed by atoms with Crippen LogP contribution < -0.4 is 11.1 Å². The van der Waals surface area contributed by atoms with E-state index in [9.17, 15) is 4.79 Å². The molecule has 0 spiro atoms. The predicted molar refractivity (Wildman–Crippen MR) is 99.2 cm³/mol. The minimum absolute atomic E-state index is 0. The molecule has 1 saturated carbocycles. The maximum absolute atomic E-state index is 12.5. The van der Waals surface area contributed by atoms with Crippen LogP contribution in [0.4, 0.5) is 5.69 Å². The van der Waals surface area contributed by atoms with Crippen LogP contribution in [-0.4, -0.2) is 26.5 Å². The topological polar surface area (TPSA) is 85.8 Å². The van der Waals surface area contributed by atoms with Crippen LogP contribution >= 0.6 is 24.8 Å². The number of amides is 1. The van der Waals surface area contributed by atoms with E-state index in [1.165, 1.54) is 0 Å². The highest BCUT2D eigenvalue weighted by atomic mass is 35.5. The number of nitrogens with one attached hydrogen (secondary N) is 1. The quantitative estimate of drug-likeness (QED) is 0.868. The number of carbonyl (C=O) groups excluding carboxylic acids is 1. The van der Waals surface area contributed by atoms with Crippen molar-refractivity contribution in [2.45, 2.75) is 38.6 Å². The molecule has 2 aromatic heterocycles. The number of aromatic nitrogens is 3. The number of hydrogen-bond acceptors (Lipinski definition) is 4. The van der Waals surface area contributed by atoms with Crippen molar-refractivity contribution in [1.82, 2.24) is 14.5 Å². The largest absolute Gasteiger partial charge is 0.328 e. The lowest BCUT2D eigenvalue weighted by atomic mass is 9.85. The van der Waals surface area contributed by atoms with Gasteiger partial charge in [-0.3, -0.25) is 9.36 Å². The Morgan fingerprint density at radius 3 is 2.75 bits per heavy atom. The first kappa shape index (κ1) is 20.4. The first-order valence-electron chi connectivity index (χ1n) is 7.67. The third kappa shape index (κ3) is 4.47. The van der Waals surface area contributed by atoms with Crippen molar-refractivity contribution in [1.29, 1.82) is 0 Å². The van der Waals surface area contributed by atoms with Crippen molar-refractivity contribution < 1.29 is 4.79 Å². The second-order valence-electron chi connectivity index (χ2n) is 5.83. The van der Waals surface area contributed by atoms with Crippen LogP contribution in [0.15, 0.2) is 30.7 Å². The van der Waals surface area contributed by atoms with Crippen molar-refractivity contribution in [3.63, 3.8) is 0 Å². The zero-order chi connectivity index (χ0) is 15.5. The van der Waals surface area contributed by atoms with Gasteiger partial charge in [0.1, 0.15) is 5.82 Å². The summed E-state index contributed by atoms with van der Waals surface area (Å²) >= 11 is 0. The van der Waals surface area contributed by atoms with Crippen LogP contribution in [0.25, 0.3) is 5.82 Å². The minimum atomic E-state index is -0.0132. The summed E-state index contributed by atoms with van der Waals surface area (Å²) in [6.45, 7) is 1.90. The number of pyridine rings is 1. The van der Waals surface area contributed by atoms with Crippen molar-refractivity contribution in [3.05, 3.63) is 36.5 Å². The molecule has 2 heterocycles.